The molecule has 2 nitrogen and oxygen atoms in total. The van der Waals surface area contributed by atoms with E-state index in [0.717, 1.165) is 6.54 Å². The number of rotatable bonds is 3. The monoisotopic (exact) mass is 314 g/mol. The van der Waals surface area contributed by atoms with Crippen molar-refractivity contribution in [3.63, 3.8) is 0 Å². The van der Waals surface area contributed by atoms with Gasteiger partial charge in [-0.3, -0.25) is 4.90 Å². The minimum Gasteiger partial charge on any atom is -0.326 e. The van der Waals surface area contributed by atoms with Crippen molar-refractivity contribution in [3.8, 4) is 0 Å². The molecule has 17 heavy (non-hydrogen) atoms. The summed E-state index contributed by atoms with van der Waals surface area (Å²) in [5.41, 5.74) is 8.19. The zero-order valence-electron chi connectivity index (χ0n) is 10.2. The maximum Gasteiger partial charge on any atom is 0.0248 e. The molecule has 0 radical (unpaired) electrons. The molecule has 0 aliphatic carbocycles. The molecule has 2 rings (SSSR count). The molecule has 1 aliphatic rings. The molecule has 0 aromatic heterocycles. The van der Waals surface area contributed by atoms with Gasteiger partial charge in [0.05, 0.1) is 0 Å². The number of thioether (sulfide) groups is 1. The van der Waals surface area contributed by atoms with E-state index in [4.69, 9.17) is 5.73 Å². The SMILES string of the molecule is CC1CSCCN1Cc1ccc(CN)cc1Br. The number of hydrogen-bond donors (Lipinski definition) is 1. The van der Waals surface area contributed by atoms with Crippen LogP contribution in [0.1, 0.15) is 18.1 Å². The Hall–Kier alpha value is -0.0300. The summed E-state index contributed by atoms with van der Waals surface area (Å²) in [6, 6.07) is 7.14. The van der Waals surface area contributed by atoms with Crippen molar-refractivity contribution in [3.05, 3.63) is 33.8 Å². The highest BCUT2D eigenvalue weighted by atomic mass is 79.9. The molecule has 1 aliphatic heterocycles. The van der Waals surface area contributed by atoms with Gasteiger partial charge in [-0.15, -0.1) is 0 Å². The highest BCUT2D eigenvalue weighted by Gasteiger charge is 2.19. The van der Waals surface area contributed by atoms with Gasteiger partial charge in [0.25, 0.3) is 0 Å². The van der Waals surface area contributed by atoms with Gasteiger partial charge in [0, 0.05) is 41.7 Å². The topological polar surface area (TPSA) is 29.3 Å². The maximum atomic E-state index is 5.64. The molecule has 0 amide bonds. The molecule has 4 heteroatoms. The first kappa shape index (κ1) is 13.4. The molecule has 2 N–H and O–H groups in total. The molecular weight excluding hydrogens is 296 g/mol. The Kier molecular flexibility index (Phi) is 4.91. The summed E-state index contributed by atoms with van der Waals surface area (Å²) in [5.74, 6) is 2.50. The van der Waals surface area contributed by atoms with E-state index in [2.05, 4.69) is 57.7 Å². The van der Waals surface area contributed by atoms with E-state index in [0.29, 0.717) is 12.6 Å². The van der Waals surface area contributed by atoms with Gasteiger partial charge in [-0.1, -0.05) is 28.1 Å². The van der Waals surface area contributed by atoms with E-state index in [-0.39, 0.29) is 0 Å². The highest BCUT2D eigenvalue weighted by Crippen LogP contribution is 2.23. The second-order valence-electron chi connectivity index (χ2n) is 4.52. The summed E-state index contributed by atoms with van der Waals surface area (Å²) in [5, 5.41) is 0. The lowest BCUT2D eigenvalue weighted by atomic mass is 10.1. The average Bonchev–Trinajstić information content (AvgIpc) is 2.34. The maximum absolute atomic E-state index is 5.64. The molecule has 1 heterocycles. The number of nitrogens with two attached hydrogens (primary N) is 1. The second kappa shape index (κ2) is 6.23. The Morgan fingerprint density at radius 3 is 3.00 bits per heavy atom. The van der Waals surface area contributed by atoms with Gasteiger partial charge in [0.15, 0.2) is 0 Å². The Labute approximate surface area is 116 Å². The first-order valence-electron chi connectivity index (χ1n) is 6.00. The minimum atomic E-state index is 0.607. The Morgan fingerprint density at radius 1 is 1.53 bits per heavy atom. The lowest BCUT2D eigenvalue weighted by molar-refractivity contribution is 0.223. The lowest BCUT2D eigenvalue weighted by Gasteiger charge is -2.33. The van der Waals surface area contributed by atoms with Crippen LogP contribution in [0.4, 0.5) is 0 Å². The molecule has 1 unspecified atom stereocenters. The zero-order chi connectivity index (χ0) is 12.3. The van der Waals surface area contributed by atoms with Crippen molar-refractivity contribution in [2.75, 3.05) is 18.1 Å². The van der Waals surface area contributed by atoms with Gasteiger partial charge < -0.3 is 5.73 Å². The number of nitrogens with zero attached hydrogens (tertiary/aromatic N) is 1. The van der Waals surface area contributed by atoms with E-state index < -0.39 is 0 Å². The van der Waals surface area contributed by atoms with Crippen LogP contribution in [0.15, 0.2) is 22.7 Å². The van der Waals surface area contributed by atoms with Gasteiger partial charge in [-0.25, -0.2) is 0 Å². The van der Waals surface area contributed by atoms with E-state index in [1.165, 1.54) is 33.7 Å². The zero-order valence-corrected chi connectivity index (χ0v) is 12.6. The quantitative estimate of drug-likeness (QED) is 0.930. The van der Waals surface area contributed by atoms with Crippen molar-refractivity contribution >= 4 is 27.7 Å². The van der Waals surface area contributed by atoms with E-state index >= 15 is 0 Å². The molecule has 0 spiro atoms. The number of halogens is 1. The average molecular weight is 315 g/mol. The van der Waals surface area contributed by atoms with Crippen molar-refractivity contribution in [2.45, 2.75) is 26.1 Å². The summed E-state index contributed by atoms with van der Waals surface area (Å²) in [4.78, 5) is 2.55. The van der Waals surface area contributed by atoms with Gasteiger partial charge in [-0.05, 0) is 24.1 Å². The summed E-state index contributed by atoms with van der Waals surface area (Å²) in [6.07, 6.45) is 0. The van der Waals surface area contributed by atoms with Crippen molar-refractivity contribution in [1.29, 1.82) is 0 Å². The van der Waals surface area contributed by atoms with Crippen LogP contribution in [0.5, 0.6) is 0 Å². The van der Waals surface area contributed by atoms with E-state index in [1.54, 1.807) is 0 Å². The molecule has 94 valence electrons. The standard InChI is InChI=1S/C13H19BrN2S/c1-10-9-17-5-4-16(10)8-12-3-2-11(7-15)6-13(12)14/h2-3,6,10H,4-5,7-9,15H2,1H3. The van der Waals surface area contributed by atoms with Crippen LogP contribution >= 0.6 is 27.7 Å². The third-order valence-corrected chi connectivity index (χ3v) is 5.16. The molecule has 0 saturated carbocycles. The fourth-order valence-electron chi connectivity index (χ4n) is 2.06. The number of benzene rings is 1. The van der Waals surface area contributed by atoms with Crippen molar-refractivity contribution in [1.82, 2.24) is 4.90 Å². The largest absolute Gasteiger partial charge is 0.326 e. The summed E-state index contributed by atoms with van der Waals surface area (Å²) < 4.78 is 1.19. The smallest absolute Gasteiger partial charge is 0.0248 e. The van der Waals surface area contributed by atoms with Crippen molar-refractivity contribution < 1.29 is 0 Å². The predicted octanol–water partition coefficient (Wildman–Crippen LogP) is 2.85. The normalized spacial score (nSPS) is 21.7. The molecular formula is C13H19BrN2S. The van der Waals surface area contributed by atoms with E-state index in [1.807, 2.05) is 0 Å². The third-order valence-electron chi connectivity index (χ3n) is 3.23. The second-order valence-corrected chi connectivity index (χ2v) is 6.53. The fraction of sp³-hybridized carbons (Fsp3) is 0.538. The third kappa shape index (κ3) is 3.47. The van der Waals surface area contributed by atoms with Crippen LogP contribution in [0.25, 0.3) is 0 Å². The Bertz CT molecular complexity index is 384. The van der Waals surface area contributed by atoms with E-state index in [9.17, 15) is 0 Å². The fourth-order valence-corrected chi connectivity index (χ4v) is 3.69. The lowest BCUT2D eigenvalue weighted by Crippen LogP contribution is -2.39. The van der Waals surface area contributed by atoms with Gasteiger partial charge in [0.2, 0.25) is 0 Å². The summed E-state index contributed by atoms with van der Waals surface area (Å²) in [6.45, 7) is 5.15. The van der Waals surface area contributed by atoms with Crippen LogP contribution in [-0.2, 0) is 13.1 Å². The molecule has 1 atom stereocenters. The molecule has 1 fully saturated rings. The first-order chi connectivity index (χ1) is 8.20. The van der Waals surface area contributed by atoms with Crippen LogP contribution in [0.2, 0.25) is 0 Å². The van der Waals surface area contributed by atoms with Gasteiger partial charge in [-0.2, -0.15) is 11.8 Å². The molecule has 1 aromatic rings. The molecule has 1 aromatic carbocycles. The summed E-state index contributed by atoms with van der Waals surface area (Å²) in [7, 11) is 0. The first-order valence-corrected chi connectivity index (χ1v) is 7.94. The minimum absolute atomic E-state index is 0.607. The van der Waals surface area contributed by atoms with Crippen molar-refractivity contribution in [2.24, 2.45) is 5.73 Å². The molecule has 1 saturated heterocycles. The van der Waals surface area contributed by atoms with Crippen LogP contribution < -0.4 is 5.73 Å². The Balaban J connectivity index is 2.07. The predicted molar refractivity (Wildman–Crippen MR) is 79.2 cm³/mol. The van der Waals surface area contributed by atoms with Crippen LogP contribution in [0.3, 0.4) is 0 Å². The van der Waals surface area contributed by atoms with Gasteiger partial charge in [0.1, 0.15) is 0 Å². The summed E-state index contributed by atoms with van der Waals surface area (Å²) >= 11 is 5.70. The van der Waals surface area contributed by atoms with Gasteiger partial charge >= 0.3 is 0 Å². The van der Waals surface area contributed by atoms with Crippen LogP contribution in [0, 0.1) is 0 Å². The highest BCUT2D eigenvalue weighted by molar-refractivity contribution is 9.10. The molecule has 0 bridgehead atoms. The Morgan fingerprint density at radius 2 is 2.35 bits per heavy atom. The van der Waals surface area contributed by atoms with Crippen LogP contribution in [-0.4, -0.2) is 29.0 Å². The number of hydrogen-bond acceptors (Lipinski definition) is 3.